The quantitative estimate of drug-likeness (QED) is 0.798. The molecule has 2 rings (SSSR count). The lowest BCUT2D eigenvalue weighted by molar-refractivity contribution is 0.0284. The number of ether oxygens (including phenoxy) is 2. The van der Waals surface area contributed by atoms with Crippen molar-refractivity contribution in [3.05, 3.63) is 16.9 Å². The number of rotatable bonds is 3. The van der Waals surface area contributed by atoms with Gasteiger partial charge in [-0.3, -0.25) is 0 Å². The van der Waals surface area contributed by atoms with Crippen molar-refractivity contribution in [1.82, 2.24) is 14.9 Å². The van der Waals surface area contributed by atoms with E-state index in [0.29, 0.717) is 24.8 Å². The molecule has 6 nitrogen and oxygen atoms in total. The summed E-state index contributed by atoms with van der Waals surface area (Å²) in [6, 6.07) is 0.270. The Bertz CT molecular complexity index is 545. The van der Waals surface area contributed by atoms with Crippen molar-refractivity contribution < 1.29 is 14.3 Å². The summed E-state index contributed by atoms with van der Waals surface area (Å²) in [5.74, 6) is 0.246. The van der Waals surface area contributed by atoms with Crippen molar-refractivity contribution >= 4 is 17.7 Å². The van der Waals surface area contributed by atoms with E-state index in [1.54, 1.807) is 11.1 Å². The molecule has 22 heavy (non-hydrogen) atoms. The van der Waals surface area contributed by atoms with Crippen LogP contribution in [0.2, 0.25) is 5.15 Å². The van der Waals surface area contributed by atoms with E-state index in [4.69, 9.17) is 21.1 Å². The maximum absolute atomic E-state index is 12.0. The zero-order valence-corrected chi connectivity index (χ0v) is 14.2. The van der Waals surface area contributed by atoms with Crippen LogP contribution in [0.4, 0.5) is 4.79 Å². The molecular formula is C15H22ClN3O3. The van der Waals surface area contributed by atoms with E-state index in [1.807, 2.05) is 27.7 Å². The molecule has 7 heteroatoms. The largest absolute Gasteiger partial charge is 0.463 e. The minimum Gasteiger partial charge on any atom is -0.463 e. The van der Waals surface area contributed by atoms with Crippen LogP contribution in [0.15, 0.2) is 6.20 Å². The van der Waals surface area contributed by atoms with Gasteiger partial charge >= 0.3 is 12.1 Å². The van der Waals surface area contributed by atoms with Gasteiger partial charge in [0.15, 0.2) is 0 Å². The highest BCUT2D eigenvalue weighted by Gasteiger charge is 2.30. The topological polar surface area (TPSA) is 64.5 Å². The minimum atomic E-state index is -0.474. The summed E-state index contributed by atoms with van der Waals surface area (Å²) in [6.07, 6.45) is 2.23. The Hall–Kier alpha value is -1.56. The lowest BCUT2D eigenvalue weighted by Crippen LogP contribution is -2.35. The van der Waals surface area contributed by atoms with Crippen LogP contribution in [-0.4, -0.2) is 46.3 Å². The first-order valence-electron chi connectivity index (χ1n) is 7.34. The molecule has 0 unspecified atom stereocenters. The van der Waals surface area contributed by atoms with E-state index >= 15 is 0 Å². The number of aryl methyl sites for hydroxylation is 1. The van der Waals surface area contributed by atoms with Crippen LogP contribution in [0, 0.1) is 12.8 Å². The molecule has 1 fully saturated rings. The van der Waals surface area contributed by atoms with Gasteiger partial charge in [-0.1, -0.05) is 11.6 Å². The number of carbonyl (C=O) groups is 1. The molecule has 2 heterocycles. The normalized spacial score (nSPS) is 18.4. The average molecular weight is 328 g/mol. The van der Waals surface area contributed by atoms with Gasteiger partial charge in [-0.05, 0) is 34.1 Å². The minimum absolute atomic E-state index is 0.246. The number of nitrogens with zero attached hydrogens (tertiary/aromatic N) is 3. The van der Waals surface area contributed by atoms with Crippen LogP contribution >= 0.6 is 11.6 Å². The second-order valence-corrected chi connectivity index (χ2v) is 6.88. The van der Waals surface area contributed by atoms with Gasteiger partial charge < -0.3 is 14.4 Å². The van der Waals surface area contributed by atoms with Crippen LogP contribution < -0.4 is 4.74 Å². The molecule has 0 radical (unpaired) electrons. The van der Waals surface area contributed by atoms with Crippen molar-refractivity contribution in [3.8, 4) is 6.01 Å². The van der Waals surface area contributed by atoms with Crippen LogP contribution in [0.1, 0.15) is 32.8 Å². The number of halogens is 1. The first-order chi connectivity index (χ1) is 10.2. The van der Waals surface area contributed by atoms with Crippen LogP contribution in [0.25, 0.3) is 0 Å². The Morgan fingerprint density at radius 2 is 2.23 bits per heavy atom. The molecule has 122 valence electrons. The van der Waals surface area contributed by atoms with Gasteiger partial charge in [0, 0.05) is 30.8 Å². The fraction of sp³-hybridized carbons (Fsp3) is 0.667. The van der Waals surface area contributed by atoms with Gasteiger partial charge in [0.25, 0.3) is 0 Å². The average Bonchev–Trinajstić information content (AvgIpc) is 2.87. The lowest BCUT2D eigenvalue weighted by atomic mass is 10.1. The maximum Gasteiger partial charge on any atom is 0.410 e. The number of aromatic nitrogens is 2. The smallest absolute Gasteiger partial charge is 0.410 e. The summed E-state index contributed by atoms with van der Waals surface area (Å²) in [7, 11) is 0. The number of carbonyl (C=O) groups excluding carboxylic acids is 1. The van der Waals surface area contributed by atoms with Crippen molar-refractivity contribution in [1.29, 1.82) is 0 Å². The SMILES string of the molecule is Cc1cnc(OC[C@H]2CCN(C(=O)OC(C)(C)C)C2)nc1Cl. The number of amides is 1. The molecule has 1 aromatic heterocycles. The summed E-state index contributed by atoms with van der Waals surface area (Å²) >= 11 is 5.93. The van der Waals surface area contributed by atoms with Gasteiger partial charge in [-0.2, -0.15) is 4.98 Å². The van der Waals surface area contributed by atoms with Crippen LogP contribution in [0.5, 0.6) is 6.01 Å². The van der Waals surface area contributed by atoms with E-state index in [-0.39, 0.29) is 18.0 Å². The third-order valence-corrected chi connectivity index (χ3v) is 3.66. The van der Waals surface area contributed by atoms with Crippen molar-refractivity contribution in [2.45, 2.75) is 39.7 Å². The molecule has 0 saturated carbocycles. The summed E-state index contributed by atoms with van der Waals surface area (Å²) in [6.45, 7) is 9.17. The second kappa shape index (κ2) is 6.69. The van der Waals surface area contributed by atoms with Crippen molar-refractivity contribution in [2.24, 2.45) is 5.92 Å². The standard InChI is InChI=1S/C15H22ClN3O3/c1-10-7-17-13(18-12(10)16)21-9-11-5-6-19(8-11)14(20)22-15(2,3)4/h7,11H,5-6,8-9H2,1-4H3/t11-/m0/s1. The molecule has 0 bridgehead atoms. The third kappa shape index (κ3) is 4.73. The van der Waals surface area contributed by atoms with Gasteiger partial charge in [0.05, 0.1) is 6.61 Å². The molecule has 0 N–H and O–H groups in total. The molecule has 1 atom stereocenters. The van der Waals surface area contributed by atoms with Crippen molar-refractivity contribution in [3.63, 3.8) is 0 Å². The Kier molecular flexibility index (Phi) is 5.11. The molecule has 0 aliphatic carbocycles. The molecule has 1 aliphatic rings. The van der Waals surface area contributed by atoms with E-state index in [2.05, 4.69) is 9.97 Å². The van der Waals surface area contributed by atoms with Gasteiger partial charge in [-0.25, -0.2) is 9.78 Å². The molecule has 1 saturated heterocycles. The molecule has 0 spiro atoms. The Morgan fingerprint density at radius 1 is 1.50 bits per heavy atom. The molecular weight excluding hydrogens is 306 g/mol. The molecule has 1 amide bonds. The Labute approximate surface area is 135 Å². The molecule has 0 aromatic carbocycles. The second-order valence-electron chi connectivity index (χ2n) is 6.52. The summed E-state index contributed by atoms with van der Waals surface area (Å²) in [5, 5.41) is 0.395. The van der Waals surface area contributed by atoms with Crippen molar-refractivity contribution in [2.75, 3.05) is 19.7 Å². The fourth-order valence-corrected chi connectivity index (χ4v) is 2.25. The highest BCUT2D eigenvalue weighted by atomic mass is 35.5. The third-order valence-electron chi connectivity index (χ3n) is 3.27. The fourth-order valence-electron chi connectivity index (χ4n) is 2.13. The lowest BCUT2D eigenvalue weighted by Gasteiger charge is -2.24. The Balaban J connectivity index is 1.81. The first kappa shape index (κ1) is 16.8. The maximum atomic E-state index is 12.0. The molecule has 1 aliphatic heterocycles. The number of hydrogen-bond acceptors (Lipinski definition) is 5. The first-order valence-corrected chi connectivity index (χ1v) is 7.72. The summed E-state index contributed by atoms with van der Waals surface area (Å²) in [5.41, 5.74) is 0.337. The highest BCUT2D eigenvalue weighted by molar-refractivity contribution is 6.30. The summed E-state index contributed by atoms with van der Waals surface area (Å²) < 4.78 is 10.9. The predicted octanol–water partition coefficient (Wildman–Crippen LogP) is 3.07. The van der Waals surface area contributed by atoms with E-state index < -0.39 is 5.60 Å². The van der Waals surface area contributed by atoms with E-state index in [1.165, 1.54) is 0 Å². The van der Waals surface area contributed by atoms with Gasteiger partial charge in [-0.15, -0.1) is 0 Å². The number of likely N-dealkylation sites (tertiary alicyclic amines) is 1. The van der Waals surface area contributed by atoms with Gasteiger partial charge in [0.1, 0.15) is 10.8 Å². The van der Waals surface area contributed by atoms with Crippen LogP contribution in [0.3, 0.4) is 0 Å². The number of hydrogen-bond donors (Lipinski definition) is 0. The zero-order valence-electron chi connectivity index (χ0n) is 13.4. The predicted molar refractivity (Wildman–Crippen MR) is 83.2 cm³/mol. The van der Waals surface area contributed by atoms with E-state index in [9.17, 15) is 4.79 Å². The Morgan fingerprint density at radius 3 is 2.86 bits per heavy atom. The van der Waals surface area contributed by atoms with Crippen LogP contribution in [-0.2, 0) is 4.74 Å². The highest BCUT2D eigenvalue weighted by Crippen LogP contribution is 2.21. The van der Waals surface area contributed by atoms with Gasteiger partial charge in [0.2, 0.25) is 0 Å². The van der Waals surface area contributed by atoms with E-state index in [0.717, 1.165) is 12.0 Å². The zero-order chi connectivity index (χ0) is 16.3. The summed E-state index contributed by atoms with van der Waals surface area (Å²) in [4.78, 5) is 21.8. The molecule has 1 aromatic rings. The monoisotopic (exact) mass is 327 g/mol.